The normalized spacial score (nSPS) is 24.4. The summed E-state index contributed by atoms with van der Waals surface area (Å²) in [7, 11) is 0. The average Bonchev–Trinajstić information content (AvgIpc) is 3.01. The molecule has 1 aromatic heterocycles. The molecule has 2 saturated heterocycles. The predicted molar refractivity (Wildman–Crippen MR) is 82.3 cm³/mol. The van der Waals surface area contributed by atoms with Crippen LogP contribution in [0.3, 0.4) is 0 Å². The number of pyridine rings is 1. The maximum atomic E-state index is 12.3. The molecule has 0 saturated carbocycles. The maximum Gasteiger partial charge on any atom is 0.225 e. The molecule has 0 spiro atoms. The zero-order valence-electron chi connectivity index (χ0n) is 12.9. The number of ether oxygens (including phenoxy) is 1. The fourth-order valence-electron chi connectivity index (χ4n) is 3.36. The highest BCUT2D eigenvalue weighted by molar-refractivity contribution is 5.76. The molecule has 1 atom stereocenters. The van der Waals surface area contributed by atoms with Crippen molar-refractivity contribution in [2.45, 2.75) is 50.2 Å². The molecule has 5 nitrogen and oxygen atoms in total. The number of amides is 1. The number of aliphatic hydroxyl groups is 1. The van der Waals surface area contributed by atoms with Crippen molar-refractivity contribution in [3.63, 3.8) is 0 Å². The topological polar surface area (TPSA) is 62.7 Å². The van der Waals surface area contributed by atoms with Crippen molar-refractivity contribution in [2.24, 2.45) is 0 Å². The van der Waals surface area contributed by atoms with Gasteiger partial charge < -0.3 is 14.7 Å². The first-order valence-corrected chi connectivity index (χ1v) is 8.15. The van der Waals surface area contributed by atoms with Gasteiger partial charge >= 0.3 is 0 Å². The standard InChI is InChI=1S/C17H24N2O3/c20-16(12-15-2-1-11-22-15)19-9-5-17(21,6-10-19)13-14-3-7-18-8-4-14/h3-4,7-8,15,21H,1-2,5-6,9-13H2/t15-/m1/s1. The van der Waals surface area contributed by atoms with Crippen LogP contribution in [0.5, 0.6) is 0 Å². The molecule has 1 aromatic rings. The van der Waals surface area contributed by atoms with Crippen LogP contribution in [0.2, 0.25) is 0 Å². The summed E-state index contributed by atoms with van der Waals surface area (Å²) in [5.41, 5.74) is 0.388. The highest BCUT2D eigenvalue weighted by atomic mass is 16.5. The number of piperidine rings is 1. The zero-order chi connectivity index (χ0) is 15.4. The van der Waals surface area contributed by atoms with E-state index < -0.39 is 5.60 Å². The SMILES string of the molecule is O=C(C[C@H]1CCCO1)N1CCC(O)(Cc2ccncc2)CC1. The number of nitrogens with zero attached hydrogens (tertiary/aromatic N) is 2. The molecule has 0 aliphatic carbocycles. The monoisotopic (exact) mass is 304 g/mol. The van der Waals surface area contributed by atoms with E-state index in [2.05, 4.69) is 4.98 Å². The van der Waals surface area contributed by atoms with E-state index in [1.165, 1.54) is 0 Å². The van der Waals surface area contributed by atoms with Crippen molar-refractivity contribution < 1.29 is 14.6 Å². The Morgan fingerprint density at radius 3 is 2.73 bits per heavy atom. The Morgan fingerprint density at radius 1 is 1.36 bits per heavy atom. The minimum absolute atomic E-state index is 0.102. The third-order valence-electron chi connectivity index (χ3n) is 4.76. The molecule has 3 heterocycles. The lowest BCUT2D eigenvalue weighted by molar-refractivity contribution is -0.137. The predicted octanol–water partition coefficient (Wildman–Crippen LogP) is 1.55. The quantitative estimate of drug-likeness (QED) is 0.916. The number of hydrogen-bond acceptors (Lipinski definition) is 4. The summed E-state index contributed by atoms with van der Waals surface area (Å²) >= 11 is 0. The molecular formula is C17H24N2O3. The Morgan fingerprint density at radius 2 is 2.09 bits per heavy atom. The van der Waals surface area contributed by atoms with Gasteiger partial charge in [0, 0.05) is 38.5 Å². The van der Waals surface area contributed by atoms with Crippen molar-refractivity contribution in [1.82, 2.24) is 9.88 Å². The number of carbonyl (C=O) groups excluding carboxylic acids is 1. The minimum atomic E-state index is -0.706. The zero-order valence-corrected chi connectivity index (χ0v) is 12.9. The van der Waals surface area contributed by atoms with Gasteiger partial charge in [0.05, 0.1) is 18.1 Å². The third kappa shape index (κ3) is 3.84. The van der Waals surface area contributed by atoms with Gasteiger partial charge in [-0.3, -0.25) is 9.78 Å². The van der Waals surface area contributed by atoms with Crippen LogP contribution < -0.4 is 0 Å². The van der Waals surface area contributed by atoms with E-state index in [4.69, 9.17) is 4.74 Å². The molecule has 2 aliphatic rings. The molecule has 0 radical (unpaired) electrons. The highest BCUT2D eigenvalue weighted by Gasteiger charge is 2.34. The fraction of sp³-hybridized carbons (Fsp3) is 0.647. The summed E-state index contributed by atoms with van der Waals surface area (Å²) in [5, 5.41) is 10.7. The van der Waals surface area contributed by atoms with Gasteiger partial charge in [0.1, 0.15) is 0 Å². The smallest absolute Gasteiger partial charge is 0.225 e. The van der Waals surface area contributed by atoms with Crippen LogP contribution in [-0.2, 0) is 16.0 Å². The van der Waals surface area contributed by atoms with Gasteiger partial charge in [0.15, 0.2) is 0 Å². The Bertz CT molecular complexity index is 492. The van der Waals surface area contributed by atoms with Gasteiger partial charge in [-0.25, -0.2) is 0 Å². The summed E-state index contributed by atoms with van der Waals surface area (Å²) in [5.74, 6) is 0.165. The Labute approximate surface area is 131 Å². The first-order chi connectivity index (χ1) is 10.6. The first kappa shape index (κ1) is 15.4. The Kier molecular flexibility index (Phi) is 4.74. The van der Waals surface area contributed by atoms with Gasteiger partial charge in [-0.15, -0.1) is 0 Å². The number of carbonyl (C=O) groups is 1. The van der Waals surface area contributed by atoms with Gasteiger partial charge in [-0.05, 0) is 43.4 Å². The van der Waals surface area contributed by atoms with E-state index in [1.54, 1.807) is 12.4 Å². The first-order valence-electron chi connectivity index (χ1n) is 8.15. The molecule has 0 unspecified atom stereocenters. The summed E-state index contributed by atoms with van der Waals surface area (Å²) < 4.78 is 5.53. The van der Waals surface area contributed by atoms with E-state index in [9.17, 15) is 9.90 Å². The van der Waals surface area contributed by atoms with E-state index in [0.29, 0.717) is 38.8 Å². The Hall–Kier alpha value is -1.46. The molecule has 0 aromatic carbocycles. The molecule has 2 aliphatic heterocycles. The van der Waals surface area contributed by atoms with E-state index >= 15 is 0 Å². The number of likely N-dealkylation sites (tertiary alicyclic amines) is 1. The van der Waals surface area contributed by atoms with Crippen molar-refractivity contribution in [2.75, 3.05) is 19.7 Å². The highest BCUT2D eigenvalue weighted by Crippen LogP contribution is 2.27. The summed E-state index contributed by atoms with van der Waals surface area (Å²) in [6.07, 6.45) is 8.03. The summed E-state index contributed by atoms with van der Waals surface area (Å²) in [6, 6.07) is 3.87. The maximum absolute atomic E-state index is 12.3. The number of aromatic nitrogens is 1. The third-order valence-corrected chi connectivity index (χ3v) is 4.76. The van der Waals surface area contributed by atoms with Gasteiger partial charge in [-0.2, -0.15) is 0 Å². The molecule has 120 valence electrons. The molecule has 5 heteroatoms. The largest absolute Gasteiger partial charge is 0.389 e. The second kappa shape index (κ2) is 6.75. The Balaban J connectivity index is 1.49. The number of hydrogen-bond donors (Lipinski definition) is 1. The van der Waals surface area contributed by atoms with Crippen LogP contribution in [0.25, 0.3) is 0 Å². The van der Waals surface area contributed by atoms with Crippen LogP contribution in [-0.4, -0.2) is 52.3 Å². The van der Waals surface area contributed by atoms with Crippen LogP contribution in [0, 0.1) is 0 Å². The van der Waals surface area contributed by atoms with E-state index in [0.717, 1.165) is 25.0 Å². The average molecular weight is 304 g/mol. The molecule has 2 fully saturated rings. The van der Waals surface area contributed by atoms with Crippen molar-refractivity contribution in [3.05, 3.63) is 30.1 Å². The molecular weight excluding hydrogens is 280 g/mol. The molecule has 3 rings (SSSR count). The molecule has 1 amide bonds. The van der Waals surface area contributed by atoms with Gasteiger partial charge in [0.25, 0.3) is 0 Å². The lowest BCUT2D eigenvalue weighted by Crippen LogP contribution is -2.48. The second-order valence-corrected chi connectivity index (χ2v) is 6.48. The van der Waals surface area contributed by atoms with Gasteiger partial charge in [0.2, 0.25) is 5.91 Å². The van der Waals surface area contributed by atoms with Crippen LogP contribution in [0.1, 0.15) is 37.7 Å². The van der Waals surface area contributed by atoms with E-state index in [1.807, 2.05) is 17.0 Å². The van der Waals surface area contributed by atoms with Crippen molar-refractivity contribution in [1.29, 1.82) is 0 Å². The van der Waals surface area contributed by atoms with E-state index in [-0.39, 0.29) is 12.0 Å². The van der Waals surface area contributed by atoms with Gasteiger partial charge in [-0.1, -0.05) is 0 Å². The van der Waals surface area contributed by atoms with Crippen LogP contribution in [0.15, 0.2) is 24.5 Å². The summed E-state index contributed by atoms with van der Waals surface area (Å²) in [6.45, 7) is 2.05. The lowest BCUT2D eigenvalue weighted by atomic mass is 9.85. The molecule has 22 heavy (non-hydrogen) atoms. The number of rotatable bonds is 4. The fourth-order valence-corrected chi connectivity index (χ4v) is 3.36. The van der Waals surface area contributed by atoms with Crippen LogP contribution in [0.4, 0.5) is 0 Å². The van der Waals surface area contributed by atoms with Crippen molar-refractivity contribution in [3.8, 4) is 0 Å². The minimum Gasteiger partial charge on any atom is -0.389 e. The summed E-state index contributed by atoms with van der Waals surface area (Å²) in [4.78, 5) is 18.2. The van der Waals surface area contributed by atoms with Crippen molar-refractivity contribution >= 4 is 5.91 Å². The lowest BCUT2D eigenvalue weighted by Gasteiger charge is -2.38. The molecule has 0 bridgehead atoms. The second-order valence-electron chi connectivity index (χ2n) is 6.48. The van der Waals surface area contributed by atoms with Crippen LogP contribution >= 0.6 is 0 Å². The molecule has 1 N–H and O–H groups in total.